The van der Waals surface area contributed by atoms with Crippen molar-refractivity contribution >= 4 is 5.91 Å². The van der Waals surface area contributed by atoms with E-state index in [1.807, 2.05) is 13.8 Å². The second-order valence-electron chi connectivity index (χ2n) is 7.19. The van der Waals surface area contributed by atoms with Gasteiger partial charge in [0.15, 0.2) is 5.82 Å². The summed E-state index contributed by atoms with van der Waals surface area (Å²) < 4.78 is 5.24. The molecule has 0 aromatic carbocycles. The lowest BCUT2D eigenvalue weighted by Crippen LogP contribution is -2.47. The molecule has 3 rings (SSSR count). The van der Waals surface area contributed by atoms with Crippen molar-refractivity contribution in [1.82, 2.24) is 19.9 Å². The molecule has 0 bridgehead atoms. The average Bonchev–Trinajstić information content (AvgIpc) is 3.24. The van der Waals surface area contributed by atoms with Crippen molar-refractivity contribution in [2.75, 3.05) is 20.1 Å². The number of hydrogen-bond acceptors (Lipinski definition) is 5. The van der Waals surface area contributed by atoms with E-state index >= 15 is 0 Å². The number of carbonyl (C=O) groups is 1. The predicted octanol–water partition coefficient (Wildman–Crippen LogP) is 2.21. The number of likely N-dealkylation sites (N-methyl/N-ethyl adjacent to an activating group) is 1. The van der Waals surface area contributed by atoms with Crippen molar-refractivity contribution in [3.8, 4) is 0 Å². The van der Waals surface area contributed by atoms with Crippen LogP contribution in [0.3, 0.4) is 0 Å². The number of amides is 1. The van der Waals surface area contributed by atoms with Gasteiger partial charge >= 0.3 is 0 Å². The summed E-state index contributed by atoms with van der Waals surface area (Å²) in [6, 6.07) is 0.932. The molecular formula is C17H28N4O2. The lowest BCUT2D eigenvalue weighted by atomic mass is 10.0. The summed E-state index contributed by atoms with van der Waals surface area (Å²) in [5, 5.41) is 3.96. The van der Waals surface area contributed by atoms with Crippen LogP contribution in [0.15, 0.2) is 4.52 Å². The molecule has 128 valence electrons. The molecule has 0 N–H and O–H groups in total. The first-order chi connectivity index (χ1) is 11.1. The van der Waals surface area contributed by atoms with Crippen molar-refractivity contribution in [2.45, 2.75) is 70.4 Å². The molecular weight excluding hydrogens is 292 g/mol. The summed E-state index contributed by atoms with van der Waals surface area (Å²) in [7, 11) is 2.19. The van der Waals surface area contributed by atoms with Crippen LogP contribution < -0.4 is 0 Å². The highest BCUT2D eigenvalue weighted by molar-refractivity contribution is 5.77. The molecule has 1 aromatic rings. The van der Waals surface area contributed by atoms with Crippen LogP contribution in [0.5, 0.6) is 0 Å². The largest absolute Gasteiger partial charge is 0.339 e. The first-order valence-corrected chi connectivity index (χ1v) is 8.88. The van der Waals surface area contributed by atoms with Gasteiger partial charge in [-0.25, -0.2) is 0 Å². The Kier molecular flexibility index (Phi) is 4.99. The summed E-state index contributed by atoms with van der Waals surface area (Å²) in [6.07, 6.45) is 5.73. The van der Waals surface area contributed by atoms with Gasteiger partial charge in [0.25, 0.3) is 0 Å². The summed E-state index contributed by atoms with van der Waals surface area (Å²) in [5.74, 6) is 1.79. The van der Waals surface area contributed by atoms with Crippen LogP contribution in [0, 0.1) is 0 Å². The van der Waals surface area contributed by atoms with Gasteiger partial charge in [-0.3, -0.25) is 4.79 Å². The van der Waals surface area contributed by atoms with Gasteiger partial charge in [0, 0.05) is 37.4 Å². The summed E-state index contributed by atoms with van der Waals surface area (Å²) in [5.41, 5.74) is 0. The average molecular weight is 320 g/mol. The molecule has 2 aliphatic rings. The van der Waals surface area contributed by atoms with E-state index in [-0.39, 0.29) is 11.8 Å². The first kappa shape index (κ1) is 16.4. The number of carbonyl (C=O) groups excluding carboxylic acids is 1. The van der Waals surface area contributed by atoms with Gasteiger partial charge in [-0.05, 0) is 39.3 Å². The monoisotopic (exact) mass is 320 g/mol. The minimum Gasteiger partial charge on any atom is -0.339 e. The number of aromatic nitrogens is 2. The highest BCUT2D eigenvalue weighted by atomic mass is 16.5. The van der Waals surface area contributed by atoms with Gasteiger partial charge < -0.3 is 14.3 Å². The molecule has 0 spiro atoms. The van der Waals surface area contributed by atoms with Gasteiger partial charge in [0.1, 0.15) is 0 Å². The van der Waals surface area contributed by atoms with E-state index in [9.17, 15) is 4.79 Å². The van der Waals surface area contributed by atoms with Crippen LogP contribution >= 0.6 is 0 Å². The van der Waals surface area contributed by atoms with Crippen molar-refractivity contribution < 1.29 is 9.32 Å². The maximum atomic E-state index is 12.7. The topological polar surface area (TPSA) is 62.5 Å². The van der Waals surface area contributed by atoms with E-state index in [1.165, 1.54) is 12.8 Å². The molecule has 1 aromatic heterocycles. The second-order valence-corrected chi connectivity index (χ2v) is 7.19. The van der Waals surface area contributed by atoms with Crippen molar-refractivity contribution in [3.05, 3.63) is 11.7 Å². The fourth-order valence-corrected chi connectivity index (χ4v) is 3.89. The molecule has 3 heterocycles. The maximum Gasteiger partial charge on any atom is 0.227 e. The fraction of sp³-hybridized carbons (Fsp3) is 0.824. The standard InChI is InChI=1S/C17H28N4O2/c1-12(2)17-18-15(23-19-17)8-9-16(22)21-11-5-7-14(21)13-6-4-10-20(13)3/h12-14H,4-11H2,1-3H3/t13-,14-/m1/s1. The predicted molar refractivity (Wildman–Crippen MR) is 87.1 cm³/mol. The third-order valence-electron chi connectivity index (χ3n) is 5.19. The zero-order valence-electron chi connectivity index (χ0n) is 14.5. The quantitative estimate of drug-likeness (QED) is 0.832. The molecule has 0 saturated carbocycles. The molecule has 0 aliphatic carbocycles. The second kappa shape index (κ2) is 6.99. The van der Waals surface area contributed by atoms with Crippen LogP contribution in [0.2, 0.25) is 0 Å². The number of rotatable bonds is 5. The Balaban J connectivity index is 1.56. The van der Waals surface area contributed by atoms with E-state index in [4.69, 9.17) is 4.52 Å². The van der Waals surface area contributed by atoms with Crippen molar-refractivity contribution in [2.24, 2.45) is 0 Å². The number of nitrogens with zero attached hydrogens (tertiary/aromatic N) is 4. The number of hydrogen-bond donors (Lipinski definition) is 0. The van der Waals surface area contributed by atoms with Crippen LogP contribution in [0.1, 0.15) is 63.6 Å². The molecule has 23 heavy (non-hydrogen) atoms. The molecule has 0 unspecified atom stereocenters. The lowest BCUT2D eigenvalue weighted by Gasteiger charge is -2.33. The number of aryl methyl sites for hydroxylation is 1. The Morgan fingerprint density at radius 3 is 2.65 bits per heavy atom. The van der Waals surface area contributed by atoms with Gasteiger partial charge in [0.2, 0.25) is 11.8 Å². The van der Waals surface area contributed by atoms with Gasteiger partial charge in [-0.1, -0.05) is 19.0 Å². The lowest BCUT2D eigenvalue weighted by molar-refractivity contribution is -0.133. The Morgan fingerprint density at radius 2 is 2.00 bits per heavy atom. The Bertz CT molecular complexity index is 542. The van der Waals surface area contributed by atoms with E-state index in [0.29, 0.717) is 30.8 Å². The minimum absolute atomic E-state index is 0.233. The molecule has 0 radical (unpaired) electrons. The summed E-state index contributed by atoms with van der Waals surface area (Å²) in [6.45, 7) is 6.12. The van der Waals surface area contributed by atoms with Gasteiger partial charge in [-0.2, -0.15) is 4.98 Å². The maximum absolute atomic E-state index is 12.7. The zero-order valence-corrected chi connectivity index (χ0v) is 14.5. The Morgan fingerprint density at radius 1 is 1.26 bits per heavy atom. The van der Waals surface area contributed by atoms with Crippen molar-refractivity contribution in [1.29, 1.82) is 0 Å². The highest BCUT2D eigenvalue weighted by Crippen LogP contribution is 2.29. The molecule has 2 fully saturated rings. The van der Waals surface area contributed by atoms with E-state index in [2.05, 4.69) is 27.0 Å². The van der Waals surface area contributed by atoms with E-state index in [1.54, 1.807) is 0 Å². The first-order valence-electron chi connectivity index (χ1n) is 8.88. The molecule has 2 aliphatic heterocycles. The molecule has 1 amide bonds. The summed E-state index contributed by atoms with van der Waals surface area (Å²) in [4.78, 5) is 21.5. The van der Waals surface area contributed by atoms with Crippen LogP contribution in [-0.2, 0) is 11.2 Å². The molecule has 6 nitrogen and oxygen atoms in total. The van der Waals surface area contributed by atoms with Gasteiger partial charge in [0.05, 0.1) is 0 Å². The van der Waals surface area contributed by atoms with Crippen LogP contribution in [-0.4, -0.2) is 58.1 Å². The van der Waals surface area contributed by atoms with E-state index < -0.39 is 0 Å². The van der Waals surface area contributed by atoms with E-state index in [0.717, 1.165) is 31.8 Å². The number of likely N-dealkylation sites (tertiary alicyclic amines) is 2. The van der Waals surface area contributed by atoms with Gasteiger partial charge in [-0.15, -0.1) is 0 Å². The third kappa shape index (κ3) is 3.57. The van der Waals surface area contributed by atoms with Crippen LogP contribution in [0.4, 0.5) is 0 Å². The molecule has 2 atom stereocenters. The third-order valence-corrected chi connectivity index (χ3v) is 5.19. The Hall–Kier alpha value is -1.43. The minimum atomic E-state index is 0.233. The zero-order chi connectivity index (χ0) is 16.4. The molecule has 2 saturated heterocycles. The Labute approximate surface area is 138 Å². The van der Waals surface area contributed by atoms with Crippen LogP contribution in [0.25, 0.3) is 0 Å². The smallest absolute Gasteiger partial charge is 0.227 e. The SMILES string of the molecule is CC(C)c1noc(CCC(=O)N2CCC[C@@H]2[C@H]2CCCN2C)n1. The van der Waals surface area contributed by atoms with Crippen molar-refractivity contribution in [3.63, 3.8) is 0 Å². The summed E-state index contributed by atoms with van der Waals surface area (Å²) >= 11 is 0. The highest BCUT2D eigenvalue weighted by Gasteiger charge is 2.38. The molecule has 6 heteroatoms. The normalized spacial score (nSPS) is 25.7. The fourth-order valence-electron chi connectivity index (χ4n) is 3.89.